The van der Waals surface area contributed by atoms with Gasteiger partial charge in [-0.2, -0.15) is 0 Å². The second kappa shape index (κ2) is 12.9. The first-order chi connectivity index (χ1) is 26.9. The third-order valence-electron chi connectivity index (χ3n) is 10.7. The van der Waals surface area contributed by atoms with Crippen LogP contribution in [0.15, 0.2) is 144 Å². The number of aromatic nitrogens is 3. The molecule has 244 valence electrons. The van der Waals surface area contributed by atoms with Crippen LogP contribution in [-0.2, 0) is 0 Å². The van der Waals surface area contributed by atoms with Gasteiger partial charge in [-0.25, -0.2) is 15.0 Å². The summed E-state index contributed by atoms with van der Waals surface area (Å²) in [7, 11) is 32.1. The van der Waals surface area contributed by atoms with Crippen LogP contribution in [0.3, 0.4) is 0 Å². The molecule has 2 aromatic heterocycles. The predicted molar refractivity (Wildman–Crippen MR) is 229 cm³/mol. The van der Waals surface area contributed by atoms with Crippen molar-refractivity contribution in [2.24, 2.45) is 0 Å². The summed E-state index contributed by atoms with van der Waals surface area (Å²) in [6, 6.07) is 47.0. The van der Waals surface area contributed by atoms with Crippen molar-refractivity contribution in [1.82, 2.24) is 15.0 Å². The summed E-state index contributed by atoms with van der Waals surface area (Å²) in [6.07, 6.45) is 0. The highest BCUT2D eigenvalue weighted by atomic mass is 16.3. The molecule has 10 radical (unpaired) electrons. The van der Waals surface area contributed by atoms with Gasteiger partial charge in [0.05, 0.1) is 0 Å². The maximum Gasteiger partial charge on any atom is 0.164 e. The molecule has 2 heterocycles. The Balaban J connectivity index is 1.14. The van der Waals surface area contributed by atoms with Gasteiger partial charge < -0.3 is 4.42 Å². The molecule has 0 saturated carbocycles. The minimum absolute atomic E-state index is 0.147. The van der Waals surface area contributed by atoms with Crippen molar-refractivity contribution in [3.05, 3.63) is 156 Å². The molecular formula is C46H24B5N3O. The van der Waals surface area contributed by atoms with Crippen molar-refractivity contribution in [2.45, 2.75) is 5.92 Å². The summed E-state index contributed by atoms with van der Waals surface area (Å²) < 4.78 is 6.86. The molecule has 1 aliphatic carbocycles. The molecule has 0 bridgehead atoms. The van der Waals surface area contributed by atoms with Crippen LogP contribution < -0.4 is 27.3 Å². The van der Waals surface area contributed by atoms with Gasteiger partial charge in [-0.05, 0) is 45.5 Å². The first-order valence-electron chi connectivity index (χ1n) is 17.9. The standard InChI is InChI=1S/C46H24B5N3O/c47-38-37(39(48)41(50)42(51)40(38)49)32-19-10-18-31-35(32)28-15-7-8-16-29(28)36(31)33-20-9-17-30-27-22-21-26(23-34(27)55-43(30)33)46-53-44(24-11-3-1-4-12-24)52-45(54-46)25-13-5-2-6-14-25/h1-23,36H. The lowest BCUT2D eigenvalue weighted by atomic mass is 9.59. The van der Waals surface area contributed by atoms with Crippen LogP contribution in [-0.4, -0.2) is 54.2 Å². The number of hydrogen-bond donors (Lipinski definition) is 0. The van der Waals surface area contributed by atoms with E-state index < -0.39 is 0 Å². The van der Waals surface area contributed by atoms with E-state index in [-0.39, 0.29) is 22.3 Å². The van der Waals surface area contributed by atoms with Gasteiger partial charge in [-0.15, -0.1) is 16.4 Å². The van der Waals surface area contributed by atoms with Gasteiger partial charge >= 0.3 is 0 Å². The van der Waals surface area contributed by atoms with Gasteiger partial charge in [0.2, 0.25) is 0 Å². The second-order valence-electron chi connectivity index (χ2n) is 13.8. The molecule has 1 aliphatic rings. The molecule has 0 spiro atoms. The second-order valence-corrected chi connectivity index (χ2v) is 13.8. The number of rotatable bonds is 5. The van der Waals surface area contributed by atoms with Crippen LogP contribution >= 0.6 is 0 Å². The fourth-order valence-electron chi connectivity index (χ4n) is 8.06. The Bertz CT molecular complexity index is 2910. The van der Waals surface area contributed by atoms with Crippen LogP contribution in [0.25, 0.3) is 78.4 Å². The highest BCUT2D eigenvalue weighted by Crippen LogP contribution is 2.52. The van der Waals surface area contributed by atoms with Gasteiger partial charge in [0.1, 0.15) is 50.4 Å². The Kier molecular flexibility index (Phi) is 7.81. The molecule has 0 aliphatic heterocycles. The molecule has 0 fully saturated rings. The zero-order valence-corrected chi connectivity index (χ0v) is 29.5. The number of hydrogen-bond acceptors (Lipinski definition) is 4. The van der Waals surface area contributed by atoms with Crippen molar-refractivity contribution >= 4 is 88.5 Å². The van der Waals surface area contributed by atoms with Gasteiger partial charge in [0, 0.05) is 38.9 Å². The third kappa shape index (κ3) is 5.25. The average Bonchev–Trinajstić information content (AvgIpc) is 3.79. The minimum atomic E-state index is -0.147. The Morgan fingerprint density at radius 1 is 0.400 bits per heavy atom. The summed E-state index contributed by atoms with van der Waals surface area (Å²) in [5.74, 6) is 1.61. The molecule has 9 aromatic rings. The SMILES string of the molecule is [B]c1c([B])c([B])c(-c2cccc3c2-c2ccccc2C3c2cccc3c2oc2cc(-c4nc(-c5ccccc5)nc(-c5ccccc5)n4)ccc23)c([B])c1[B]. The first-order valence-corrected chi connectivity index (χ1v) is 17.9. The average molecular weight is 689 g/mol. The molecule has 0 N–H and O–H groups in total. The summed E-state index contributed by atoms with van der Waals surface area (Å²) in [4.78, 5) is 14.8. The molecular weight excluding hydrogens is 665 g/mol. The number of fused-ring (bicyclic) bond motifs is 6. The van der Waals surface area contributed by atoms with E-state index in [1.165, 1.54) is 0 Å². The van der Waals surface area contributed by atoms with Gasteiger partial charge in [-0.3, -0.25) is 0 Å². The Labute approximate surface area is 325 Å². The molecule has 7 aromatic carbocycles. The van der Waals surface area contributed by atoms with Gasteiger partial charge in [-0.1, -0.05) is 138 Å². The number of para-hydroxylation sites is 1. The maximum atomic E-state index is 6.86. The van der Waals surface area contributed by atoms with Gasteiger partial charge in [0.25, 0.3) is 0 Å². The third-order valence-corrected chi connectivity index (χ3v) is 10.7. The molecule has 1 unspecified atom stereocenters. The Morgan fingerprint density at radius 2 is 0.927 bits per heavy atom. The topological polar surface area (TPSA) is 51.8 Å². The molecule has 0 amide bonds. The van der Waals surface area contributed by atoms with E-state index in [0.29, 0.717) is 34.0 Å². The van der Waals surface area contributed by atoms with Crippen LogP contribution in [0.1, 0.15) is 22.6 Å². The van der Waals surface area contributed by atoms with Crippen molar-refractivity contribution in [3.8, 4) is 56.4 Å². The first kappa shape index (κ1) is 33.3. The number of furan rings is 1. The van der Waals surface area contributed by atoms with E-state index in [0.717, 1.165) is 72.0 Å². The zero-order valence-electron chi connectivity index (χ0n) is 29.5. The molecule has 4 nitrogen and oxygen atoms in total. The smallest absolute Gasteiger partial charge is 0.164 e. The molecule has 10 rings (SSSR count). The summed E-state index contributed by atoms with van der Waals surface area (Å²) in [6.45, 7) is 0. The van der Waals surface area contributed by atoms with E-state index in [1.807, 2.05) is 91.0 Å². The van der Waals surface area contributed by atoms with E-state index >= 15 is 0 Å². The summed E-state index contributed by atoms with van der Waals surface area (Å²) in [5, 5.41) is 2.01. The number of benzene rings is 7. The van der Waals surface area contributed by atoms with Crippen LogP contribution in [0, 0.1) is 0 Å². The predicted octanol–water partition coefficient (Wildman–Crippen LogP) is 5.57. The van der Waals surface area contributed by atoms with Crippen molar-refractivity contribution < 1.29 is 4.42 Å². The van der Waals surface area contributed by atoms with Crippen molar-refractivity contribution in [2.75, 3.05) is 0 Å². The van der Waals surface area contributed by atoms with Gasteiger partial charge in [0.15, 0.2) is 17.5 Å². The summed E-state index contributed by atoms with van der Waals surface area (Å²) in [5.41, 5.74) is 12.2. The Morgan fingerprint density at radius 3 is 1.60 bits per heavy atom. The lowest BCUT2D eigenvalue weighted by Gasteiger charge is -2.23. The molecule has 0 saturated heterocycles. The van der Waals surface area contributed by atoms with E-state index in [9.17, 15) is 0 Å². The summed E-state index contributed by atoms with van der Waals surface area (Å²) >= 11 is 0. The molecule has 1 atom stereocenters. The Hall–Kier alpha value is -6.33. The highest BCUT2D eigenvalue weighted by Gasteiger charge is 2.34. The van der Waals surface area contributed by atoms with Crippen LogP contribution in [0.4, 0.5) is 0 Å². The molecule has 9 heteroatoms. The highest BCUT2D eigenvalue weighted by molar-refractivity contribution is 6.68. The minimum Gasteiger partial charge on any atom is -0.456 e. The largest absolute Gasteiger partial charge is 0.456 e. The number of nitrogens with zero attached hydrogens (tertiary/aromatic N) is 3. The lowest BCUT2D eigenvalue weighted by molar-refractivity contribution is 0.661. The maximum absolute atomic E-state index is 6.86. The zero-order chi connectivity index (χ0) is 37.4. The quantitative estimate of drug-likeness (QED) is 0.222. The normalized spacial score (nSPS) is 13.3. The fourth-order valence-corrected chi connectivity index (χ4v) is 8.06. The lowest BCUT2D eigenvalue weighted by Crippen LogP contribution is -2.55. The van der Waals surface area contributed by atoms with E-state index in [4.69, 9.17) is 58.6 Å². The fraction of sp³-hybridized carbons (Fsp3) is 0.0217. The van der Waals surface area contributed by atoms with E-state index in [1.54, 1.807) is 0 Å². The molecule has 55 heavy (non-hydrogen) atoms. The monoisotopic (exact) mass is 689 g/mol. The van der Waals surface area contributed by atoms with Crippen molar-refractivity contribution in [1.29, 1.82) is 0 Å². The van der Waals surface area contributed by atoms with Crippen molar-refractivity contribution in [3.63, 3.8) is 0 Å². The van der Waals surface area contributed by atoms with Crippen LogP contribution in [0.2, 0.25) is 0 Å². The van der Waals surface area contributed by atoms with Crippen LogP contribution in [0.5, 0.6) is 0 Å². The van der Waals surface area contributed by atoms with E-state index in [2.05, 4.69) is 48.5 Å².